The van der Waals surface area contributed by atoms with Crippen LogP contribution in [0, 0.1) is 0 Å². The zero-order chi connectivity index (χ0) is 18.7. The van der Waals surface area contributed by atoms with Gasteiger partial charge in [-0.1, -0.05) is 12.1 Å². The molecule has 0 unspecified atom stereocenters. The summed E-state index contributed by atoms with van der Waals surface area (Å²) in [6, 6.07) is 10.8. The smallest absolute Gasteiger partial charge is 0.254 e. The Morgan fingerprint density at radius 1 is 1.23 bits per heavy atom. The van der Waals surface area contributed by atoms with E-state index in [0.29, 0.717) is 24.5 Å². The molecule has 0 bridgehead atoms. The lowest BCUT2D eigenvalue weighted by molar-refractivity contribution is -0.119. The summed E-state index contributed by atoms with van der Waals surface area (Å²) in [5, 5.41) is 2.97. The predicted molar refractivity (Wildman–Crippen MR) is 97.9 cm³/mol. The number of carbonyl (C=O) groups is 2. The molecule has 0 spiro atoms. The lowest BCUT2D eigenvalue weighted by Crippen LogP contribution is -2.39. The first-order valence-corrected chi connectivity index (χ1v) is 8.40. The number of nitrogens with one attached hydrogen (secondary N) is 1. The van der Waals surface area contributed by atoms with Gasteiger partial charge in [0, 0.05) is 37.7 Å². The second-order valence-corrected chi connectivity index (χ2v) is 6.37. The molecule has 3 rings (SSSR count). The van der Waals surface area contributed by atoms with Gasteiger partial charge in [0.25, 0.3) is 5.91 Å². The van der Waals surface area contributed by atoms with E-state index in [1.807, 2.05) is 24.3 Å². The van der Waals surface area contributed by atoms with Crippen molar-refractivity contribution in [1.82, 2.24) is 15.2 Å². The molecule has 26 heavy (non-hydrogen) atoms. The summed E-state index contributed by atoms with van der Waals surface area (Å²) in [6.07, 6.45) is 1.52. The van der Waals surface area contributed by atoms with Crippen LogP contribution in [-0.2, 0) is 4.79 Å². The first-order valence-electron chi connectivity index (χ1n) is 8.40. The quantitative estimate of drug-likeness (QED) is 0.865. The summed E-state index contributed by atoms with van der Waals surface area (Å²) in [4.78, 5) is 30.1. The van der Waals surface area contributed by atoms with Crippen molar-refractivity contribution in [2.75, 3.05) is 25.9 Å². The zero-order valence-corrected chi connectivity index (χ0v) is 14.8. The molecule has 1 fully saturated rings. The van der Waals surface area contributed by atoms with Gasteiger partial charge in [-0.2, -0.15) is 0 Å². The molecule has 0 aliphatic carbocycles. The highest BCUT2D eigenvalue weighted by atomic mass is 16.5. The van der Waals surface area contributed by atoms with Gasteiger partial charge in [-0.15, -0.1) is 0 Å². The summed E-state index contributed by atoms with van der Waals surface area (Å²) < 4.78 is 5.20. The first-order chi connectivity index (χ1) is 12.5. The van der Waals surface area contributed by atoms with E-state index in [1.165, 1.54) is 13.1 Å². The van der Waals surface area contributed by atoms with Gasteiger partial charge in [-0.25, -0.2) is 4.98 Å². The second-order valence-electron chi connectivity index (χ2n) is 6.37. The Labute approximate surface area is 152 Å². The van der Waals surface area contributed by atoms with E-state index in [-0.39, 0.29) is 23.8 Å². The highest BCUT2D eigenvalue weighted by Gasteiger charge is 2.37. The topological polar surface area (TPSA) is 97.6 Å². The van der Waals surface area contributed by atoms with E-state index in [2.05, 4.69) is 10.3 Å². The number of aromatic nitrogens is 1. The van der Waals surface area contributed by atoms with Crippen LogP contribution in [0.25, 0.3) is 0 Å². The highest BCUT2D eigenvalue weighted by molar-refractivity contribution is 5.95. The highest BCUT2D eigenvalue weighted by Crippen LogP contribution is 2.30. The third kappa shape index (κ3) is 3.77. The van der Waals surface area contributed by atoms with Gasteiger partial charge in [0.2, 0.25) is 5.91 Å². The molecular formula is C19H22N4O3. The zero-order valence-electron chi connectivity index (χ0n) is 14.8. The Morgan fingerprint density at radius 2 is 1.96 bits per heavy atom. The molecule has 1 aromatic heterocycles. The van der Waals surface area contributed by atoms with E-state index in [0.717, 1.165) is 11.3 Å². The molecule has 2 aromatic rings. The van der Waals surface area contributed by atoms with Crippen molar-refractivity contribution in [1.29, 1.82) is 0 Å². The number of hydrogen-bond acceptors (Lipinski definition) is 5. The van der Waals surface area contributed by atoms with Crippen LogP contribution in [0.3, 0.4) is 0 Å². The number of hydrogen-bond donors (Lipinski definition) is 2. The molecule has 1 aliphatic rings. The maximum absolute atomic E-state index is 12.8. The van der Waals surface area contributed by atoms with Crippen LogP contribution < -0.4 is 15.8 Å². The Balaban J connectivity index is 1.83. The molecule has 7 nitrogen and oxygen atoms in total. The number of pyridine rings is 1. The Bertz CT molecular complexity index is 807. The maximum atomic E-state index is 12.8. The average Bonchev–Trinajstić information content (AvgIpc) is 3.04. The van der Waals surface area contributed by atoms with Gasteiger partial charge < -0.3 is 20.7 Å². The van der Waals surface area contributed by atoms with Gasteiger partial charge in [-0.3, -0.25) is 9.59 Å². The number of benzene rings is 1. The standard InChI is InChI=1S/C19H22N4O3/c1-12(24)22-17-11-23(19(25)14-7-8-21-18(20)9-14)10-16(17)13-3-5-15(26-2)6-4-13/h3-9,16-17H,10-11H2,1-2H3,(H2,20,21)(H,22,24)/t16-,17+/m0/s1. The van der Waals surface area contributed by atoms with Gasteiger partial charge in [0.1, 0.15) is 11.6 Å². The fraction of sp³-hybridized carbons (Fsp3) is 0.316. The lowest BCUT2D eigenvalue weighted by Gasteiger charge is -2.19. The molecule has 2 atom stereocenters. The van der Waals surface area contributed by atoms with Crippen molar-refractivity contribution in [3.8, 4) is 5.75 Å². The number of methoxy groups -OCH3 is 1. The molecule has 1 aliphatic heterocycles. The second kappa shape index (κ2) is 7.43. The monoisotopic (exact) mass is 354 g/mol. The normalized spacial score (nSPS) is 19.2. The van der Waals surface area contributed by atoms with Crippen LogP contribution in [0.1, 0.15) is 28.8 Å². The van der Waals surface area contributed by atoms with E-state index in [9.17, 15) is 9.59 Å². The largest absolute Gasteiger partial charge is 0.497 e. The molecule has 1 aromatic carbocycles. The van der Waals surface area contributed by atoms with Crippen LogP contribution >= 0.6 is 0 Å². The Hall–Kier alpha value is -3.09. The van der Waals surface area contributed by atoms with Crippen LogP contribution in [0.2, 0.25) is 0 Å². The van der Waals surface area contributed by atoms with E-state index >= 15 is 0 Å². The number of nitrogens with two attached hydrogens (primary N) is 1. The fourth-order valence-corrected chi connectivity index (χ4v) is 3.33. The number of nitrogens with zero attached hydrogens (tertiary/aromatic N) is 2. The summed E-state index contributed by atoms with van der Waals surface area (Å²) in [7, 11) is 1.62. The van der Waals surface area contributed by atoms with Crippen molar-refractivity contribution >= 4 is 17.6 Å². The summed E-state index contributed by atoms with van der Waals surface area (Å²) >= 11 is 0. The van der Waals surface area contributed by atoms with E-state index in [1.54, 1.807) is 24.1 Å². The number of amides is 2. The first kappa shape index (κ1) is 17.7. The van der Waals surface area contributed by atoms with Gasteiger partial charge in [-0.05, 0) is 29.8 Å². The van der Waals surface area contributed by atoms with Crippen LogP contribution in [0.5, 0.6) is 5.75 Å². The van der Waals surface area contributed by atoms with Crippen molar-refractivity contribution < 1.29 is 14.3 Å². The molecule has 0 saturated carbocycles. The molecule has 0 radical (unpaired) electrons. The van der Waals surface area contributed by atoms with Gasteiger partial charge in [0.15, 0.2) is 0 Å². The maximum Gasteiger partial charge on any atom is 0.254 e. The van der Waals surface area contributed by atoms with Crippen molar-refractivity contribution in [3.05, 3.63) is 53.7 Å². The van der Waals surface area contributed by atoms with Crippen molar-refractivity contribution in [3.63, 3.8) is 0 Å². The molecule has 1 saturated heterocycles. The number of rotatable bonds is 4. The molecule has 2 heterocycles. The molecular weight excluding hydrogens is 332 g/mol. The van der Waals surface area contributed by atoms with Crippen molar-refractivity contribution in [2.45, 2.75) is 18.9 Å². The van der Waals surface area contributed by atoms with Crippen LogP contribution in [0.4, 0.5) is 5.82 Å². The SMILES string of the molecule is COc1ccc([C@@H]2CN(C(=O)c3ccnc(N)c3)C[C@H]2NC(C)=O)cc1. The fourth-order valence-electron chi connectivity index (χ4n) is 3.33. The third-order valence-electron chi connectivity index (χ3n) is 4.57. The number of ether oxygens (including phenoxy) is 1. The van der Waals surface area contributed by atoms with Gasteiger partial charge >= 0.3 is 0 Å². The van der Waals surface area contributed by atoms with E-state index < -0.39 is 0 Å². The molecule has 3 N–H and O–H groups in total. The van der Waals surface area contributed by atoms with E-state index in [4.69, 9.17) is 10.5 Å². The number of anilines is 1. The molecule has 7 heteroatoms. The Morgan fingerprint density at radius 3 is 2.58 bits per heavy atom. The number of carbonyl (C=O) groups excluding carboxylic acids is 2. The summed E-state index contributed by atoms with van der Waals surface area (Å²) in [5.74, 6) is 0.845. The summed E-state index contributed by atoms with van der Waals surface area (Å²) in [6.45, 7) is 2.44. The third-order valence-corrected chi connectivity index (χ3v) is 4.57. The van der Waals surface area contributed by atoms with Crippen molar-refractivity contribution in [2.24, 2.45) is 0 Å². The minimum atomic E-state index is -0.149. The number of nitrogen functional groups attached to an aromatic ring is 1. The predicted octanol–water partition coefficient (Wildman–Crippen LogP) is 1.42. The minimum absolute atomic E-state index is 0.00735. The minimum Gasteiger partial charge on any atom is -0.497 e. The van der Waals surface area contributed by atoms with Crippen LogP contribution in [-0.4, -0.2) is 47.9 Å². The van der Waals surface area contributed by atoms with Gasteiger partial charge in [0.05, 0.1) is 13.2 Å². The summed E-state index contributed by atoms with van der Waals surface area (Å²) in [5.41, 5.74) is 7.23. The molecule has 2 amide bonds. The number of likely N-dealkylation sites (tertiary alicyclic amines) is 1. The average molecular weight is 354 g/mol. The lowest BCUT2D eigenvalue weighted by atomic mass is 9.94. The van der Waals surface area contributed by atoms with Crippen LogP contribution in [0.15, 0.2) is 42.6 Å². The molecule has 136 valence electrons. The Kier molecular flexibility index (Phi) is 5.06.